The Hall–Kier alpha value is -2.60. The number of halogens is 1. The van der Waals surface area contributed by atoms with Gasteiger partial charge in [0.05, 0.1) is 11.5 Å². The monoisotopic (exact) mass is 331 g/mol. The molecule has 3 rings (SSSR count). The van der Waals surface area contributed by atoms with Crippen molar-refractivity contribution in [2.24, 2.45) is 0 Å². The molecule has 118 valence electrons. The molecule has 0 aliphatic carbocycles. The molecule has 7 heteroatoms. The lowest BCUT2D eigenvalue weighted by atomic mass is 9.80. The number of allylic oxidation sites excluding steroid dienone is 3. The van der Waals surface area contributed by atoms with Crippen LogP contribution < -0.4 is 5.32 Å². The van der Waals surface area contributed by atoms with Crippen LogP contribution in [0.4, 0.5) is 0 Å². The van der Waals surface area contributed by atoms with Crippen LogP contribution in [0.15, 0.2) is 52.0 Å². The van der Waals surface area contributed by atoms with Crippen LogP contribution in [0.1, 0.15) is 31.2 Å². The van der Waals surface area contributed by atoms with E-state index < -0.39 is 11.9 Å². The van der Waals surface area contributed by atoms with Gasteiger partial charge in [0.1, 0.15) is 0 Å². The van der Waals surface area contributed by atoms with Crippen molar-refractivity contribution in [2.45, 2.75) is 19.8 Å². The summed E-state index contributed by atoms with van der Waals surface area (Å²) in [5.41, 5.74) is 2.95. The molecule has 0 bridgehead atoms. The van der Waals surface area contributed by atoms with Crippen molar-refractivity contribution in [2.75, 3.05) is 0 Å². The SMILES string of the molecule is CC1=C(C(=O)O)C(c2cccc(Cl)c2)C(c2nnco2)=C(C)N1. The largest absolute Gasteiger partial charge is 0.478 e. The molecule has 23 heavy (non-hydrogen) atoms. The summed E-state index contributed by atoms with van der Waals surface area (Å²) in [7, 11) is 0. The topological polar surface area (TPSA) is 88.2 Å². The molecular weight excluding hydrogens is 318 g/mol. The Kier molecular flexibility index (Phi) is 3.92. The van der Waals surface area contributed by atoms with Crippen LogP contribution in [0.2, 0.25) is 5.02 Å². The number of carbonyl (C=O) groups is 1. The van der Waals surface area contributed by atoms with Crippen LogP contribution in [-0.2, 0) is 4.79 Å². The standard InChI is InChI=1S/C16H14ClN3O3/c1-8-12(15-20-18-7-23-15)14(10-4-3-5-11(17)6-10)13(16(21)22)9(2)19-8/h3-7,14,19H,1-2H3,(H,21,22). The Bertz CT molecular complexity index is 825. The van der Waals surface area contributed by atoms with E-state index in [0.29, 0.717) is 16.3 Å². The second-order valence-electron chi connectivity index (χ2n) is 5.24. The summed E-state index contributed by atoms with van der Waals surface area (Å²) in [4.78, 5) is 11.8. The molecule has 1 aliphatic heterocycles. The maximum absolute atomic E-state index is 11.8. The highest BCUT2D eigenvalue weighted by atomic mass is 35.5. The van der Waals surface area contributed by atoms with Crippen molar-refractivity contribution in [1.29, 1.82) is 0 Å². The van der Waals surface area contributed by atoms with Gasteiger partial charge in [0.15, 0.2) is 0 Å². The molecule has 0 saturated heterocycles. The average Bonchev–Trinajstić information content (AvgIpc) is 2.99. The van der Waals surface area contributed by atoms with Gasteiger partial charge in [-0.1, -0.05) is 23.7 Å². The highest BCUT2D eigenvalue weighted by Crippen LogP contribution is 2.43. The first-order valence-corrected chi connectivity index (χ1v) is 7.30. The zero-order valence-electron chi connectivity index (χ0n) is 12.5. The van der Waals surface area contributed by atoms with Crippen molar-refractivity contribution < 1.29 is 14.3 Å². The van der Waals surface area contributed by atoms with E-state index in [9.17, 15) is 9.90 Å². The van der Waals surface area contributed by atoms with Crippen molar-refractivity contribution in [3.8, 4) is 0 Å². The van der Waals surface area contributed by atoms with Crippen LogP contribution >= 0.6 is 11.6 Å². The highest BCUT2D eigenvalue weighted by Gasteiger charge is 2.35. The van der Waals surface area contributed by atoms with Gasteiger partial charge in [-0.15, -0.1) is 10.2 Å². The van der Waals surface area contributed by atoms with Crippen LogP contribution in [0.3, 0.4) is 0 Å². The Balaban J connectivity index is 2.25. The van der Waals surface area contributed by atoms with Gasteiger partial charge in [-0.2, -0.15) is 0 Å². The third kappa shape index (κ3) is 2.73. The number of aromatic nitrogens is 2. The highest BCUT2D eigenvalue weighted by molar-refractivity contribution is 6.30. The Morgan fingerprint density at radius 3 is 2.74 bits per heavy atom. The second kappa shape index (κ2) is 5.89. The minimum Gasteiger partial charge on any atom is -0.478 e. The Labute approximate surface area is 137 Å². The zero-order chi connectivity index (χ0) is 16.6. The lowest BCUT2D eigenvalue weighted by Crippen LogP contribution is -2.27. The number of hydrogen-bond acceptors (Lipinski definition) is 5. The molecule has 6 nitrogen and oxygen atoms in total. The summed E-state index contributed by atoms with van der Waals surface area (Å²) < 4.78 is 5.32. The fourth-order valence-corrected chi connectivity index (χ4v) is 3.07. The van der Waals surface area contributed by atoms with Gasteiger partial charge >= 0.3 is 5.97 Å². The number of benzene rings is 1. The summed E-state index contributed by atoms with van der Waals surface area (Å²) in [5, 5.41) is 20.9. The maximum Gasteiger partial charge on any atom is 0.334 e. The summed E-state index contributed by atoms with van der Waals surface area (Å²) in [6.45, 7) is 3.58. The van der Waals surface area contributed by atoms with E-state index in [-0.39, 0.29) is 11.5 Å². The molecule has 2 N–H and O–H groups in total. The second-order valence-corrected chi connectivity index (χ2v) is 5.68. The first-order chi connectivity index (χ1) is 11.0. The molecule has 2 heterocycles. The minimum absolute atomic E-state index is 0.228. The first kappa shape index (κ1) is 15.3. The van der Waals surface area contributed by atoms with Gasteiger partial charge in [-0.3, -0.25) is 0 Å². The number of nitrogens with one attached hydrogen (secondary N) is 1. The number of carboxylic acids is 1. The van der Waals surface area contributed by atoms with Crippen molar-refractivity contribution in [3.05, 3.63) is 64.1 Å². The average molecular weight is 332 g/mol. The molecule has 2 aromatic rings. The molecule has 1 unspecified atom stereocenters. The quantitative estimate of drug-likeness (QED) is 0.898. The van der Waals surface area contributed by atoms with Crippen LogP contribution in [0, 0.1) is 0 Å². The molecule has 0 fully saturated rings. The van der Waals surface area contributed by atoms with Gasteiger partial charge in [0, 0.05) is 22.0 Å². The number of dihydropyridines is 1. The number of rotatable bonds is 3. The van der Waals surface area contributed by atoms with E-state index >= 15 is 0 Å². The summed E-state index contributed by atoms with van der Waals surface area (Å²) >= 11 is 6.09. The fourth-order valence-electron chi connectivity index (χ4n) is 2.87. The molecule has 0 amide bonds. The van der Waals surface area contributed by atoms with E-state index in [4.69, 9.17) is 16.0 Å². The van der Waals surface area contributed by atoms with Gasteiger partial charge in [-0.05, 0) is 31.5 Å². The van der Waals surface area contributed by atoms with Crippen molar-refractivity contribution in [3.63, 3.8) is 0 Å². The fraction of sp³-hybridized carbons (Fsp3) is 0.188. The third-order valence-electron chi connectivity index (χ3n) is 3.76. The number of nitrogens with zero attached hydrogens (tertiary/aromatic N) is 2. The molecule has 1 aromatic carbocycles. The van der Waals surface area contributed by atoms with Gasteiger partial charge < -0.3 is 14.8 Å². The van der Waals surface area contributed by atoms with E-state index in [0.717, 1.165) is 11.3 Å². The normalized spacial score (nSPS) is 18.1. The van der Waals surface area contributed by atoms with Crippen LogP contribution in [-0.4, -0.2) is 21.3 Å². The van der Waals surface area contributed by atoms with E-state index in [1.165, 1.54) is 6.39 Å². The van der Waals surface area contributed by atoms with E-state index in [2.05, 4.69) is 15.5 Å². The molecular formula is C16H14ClN3O3. The molecule has 0 radical (unpaired) electrons. The molecule has 1 aromatic heterocycles. The van der Waals surface area contributed by atoms with E-state index in [1.54, 1.807) is 25.1 Å². The molecule has 0 spiro atoms. The van der Waals surface area contributed by atoms with Gasteiger partial charge in [0.2, 0.25) is 12.3 Å². The van der Waals surface area contributed by atoms with Crippen molar-refractivity contribution in [1.82, 2.24) is 15.5 Å². The first-order valence-electron chi connectivity index (χ1n) is 6.93. The summed E-state index contributed by atoms with van der Waals surface area (Å²) in [5.74, 6) is -1.27. The van der Waals surface area contributed by atoms with Crippen LogP contribution in [0.5, 0.6) is 0 Å². The van der Waals surface area contributed by atoms with Gasteiger partial charge in [-0.25, -0.2) is 4.79 Å². The third-order valence-corrected chi connectivity index (χ3v) is 4.00. The van der Waals surface area contributed by atoms with Gasteiger partial charge in [0.25, 0.3) is 0 Å². The molecule has 0 saturated carbocycles. The molecule has 1 aliphatic rings. The maximum atomic E-state index is 11.8. The number of hydrogen-bond donors (Lipinski definition) is 2. The Morgan fingerprint density at radius 1 is 1.35 bits per heavy atom. The van der Waals surface area contributed by atoms with Crippen molar-refractivity contribution >= 4 is 23.1 Å². The van der Waals surface area contributed by atoms with Crippen LogP contribution in [0.25, 0.3) is 5.57 Å². The minimum atomic E-state index is -1.01. The van der Waals surface area contributed by atoms with E-state index in [1.807, 2.05) is 13.0 Å². The predicted molar refractivity (Wildman–Crippen MR) is 84.6 cm³/mol. The smallest absolute Gasteiger partial charge is 0.334 e. The zero-order valence-corrected chi connectivity index (χ0v) is 13.3. The predicted octanol–water partition coefficient (Wildman–Crippen LogP) is 3.20. The summed E-state index contributed by atoms with van der Waals surface area (Å²) in [6.07, 6.45) is 1.22. The Morgan fingerprint density at radius 2 is 2.13 bits per heavy atom. The summed E-state index contributed by atoms with van der Waals surface area (Å²) in [6, 6.07) is 7.11. The lowest BCUT2D eigenvalue weighted by molar-refractivity contribution is -0.132. The lowest BCUT2D eigenvalue weighted by Gasteiger charge is -2.29. The number of aliphatic carboxylic acids is 1. The number of carboxylic acid groups (broad SMARTS) is 1. The molecule has 1 atom stereocenters.